The third-order valence-electron chi connectivity index (χ3n) is 28.1. The van der Waals surface area contributed by atoms with Crippen molar-refractivity contribution in [3.63, 3.8) is 0 Å². The number of aliphatic hydroxyl groups excluding tert-OH is 3. The Hall–Kier alpha value is -6.84. The van der Waals surface area contributed by atoms with Crippen LogP contribution in [-0.2, 0) is 63.9 Å². The zero-order valence-electron chi connectivity index (χ0n) is 67.0. The highest BCUT2D eigenvalue weighted by Gasteiger charge is 2.51. The quantitative estimate of drug-likeness (QED) is 0.0770. The molecular formula is C93H114Cl3N3O15. The zero-order valence-corrected chi connectivity index (χ0v) is 69.2. The molecule has 0 unspecified atom stereocenters. The Morgan fingerprint density at radius 2 is 0.693 bits per heavy atom. The maximum absolute atomic E-state index is 12.5. The molecule has 3 saturated carbocycles. The lowest BCUT2D eigenvalue weighted by molar-refractivity contribution is -0.135. The molecule has 18 rings (SSSR count). The Labute approximate surface area is 687 Å². The summed E-state index contributed by atoms with van der Waals surface area (Å²) in [7, 11) is 4.25. The van der Waals surface area contributed by atoms with E-state index in [1.165, 1.54) is 54.7 Å². The van der Waals surface area contributed by atoms with Gasteiger partial charge < -0.3 is 72.7 Å². The summed E-state index contributed by atoms with van der Waals surface area (Å²) in [5.74, 6) is 4.05. The van der Waals surface area contributed by atoms with Gasteiger partial charge in [-0.2, -0.15) is 0 Å². The summed E-state index contributed by atoms with van der Waals surface area (Å²) >= 11 is 19.2. The Morgan fingerprint density at radius 1 is 0.404 bits per heavy atom. The van der Waals surface area contributed by atoms with Crippen molar-refractivity contribution in [2.45, 2.75) is 227 Å². The fourth-order valence-corrected chi connectivity index (χ4v) is 22.7. The number of aryl methyl sites for hydroxylation is 3. The molecule has 0 bridgehead atoms. The predicted octanol–water partition coefficient (Wildman–Crippen LogP) is 16.7. The highest BCUT2D eigenvalue weighted by atomic mass is 35.5. The van der Waals surface area contributed by atoms with Gasteiger partial charge in [-0.25, -0.2) is 14.4 Å². The Morgan fingerprint density at radius 3 is 0.947 bits per heavy atom. The molecule has 3 saturated heterocycles. The average molecular weight is 1620 g/mol. The second kappa shape index (κ2) is 34.2. The number of anilines is 3. The van der Waals surface area contributed by atoms with Crippen LogP contribution in [0.5, 0.6) is 17.2 Å². The number of hydrogen-bond donors (Lipinski definition) is 3. The lowest BCUT2D eigenvalue weighted by Crippen LogP contribution is -2.51. The van der Waals surface area contributed by atoms with Crippen LogP contribution < -0.4 is 28.9 Å². The van der Waals surface area contributed by atoms with Gasteiger partial charge >= 0.3 is 17.9 Å². The molecule has 6 fully saturated rings. The third kappa shape index (κ3) is 16.9. The SMILES string of the molecule is COC(=O)c1ccc2c(c1)N(C[C@@H]1CC[C@H]1[C@@H]1C[C@H](O)C[C@H](C)O1)C[C@@]1(CCCc3cc(Cl)ccc31)CO2.COC(=O)c1ccc2c(c1)N(C[C@@H]1CC[C@H]1[C@H]1C[C@@H](O)C[C@@H](C)O1)C[C@@]1(CCCc3cc(Cl)ccc31)CO2.COC(=O)c1ccc2c(c1)N(C[C@@H]1CC[C@H]1[C@H]1C[C@H](O)C[C@H](C)O1)C[C@@]1(CCCc3cc(Cl)ccc31)CO2. The number of carbonyl (C=O) groups is 3. The maximum atomic E-state index is 12.5. The van der Waals surface area contributed by atoms with Crippen molar-refractivity contribution < 1.29 is 72.3 Å². The molecule has 6 aromatic rings. The Kier molecular flexibility index (Phi) is 24.3. The van der Waals surface area contributed by atoms with Crippen molar-refractivity contribution in [3.8, 4) is 17.2 Å². The average Bonchev–Trinajstić information content (AvgIpc) is 1.53. The van der Waals surface area contributed by atoms with E-state index in [9.17, 15) is 29.7 Å². The standard InChI is InChI=1S/3C31H38ClNO5/c3*1-19-12-24(34)15-29(38-19)25-8-5-22(25)16-33-17-31(11-3-4-20-13-23(32)7-9-26(20)31)18-37-28-10-6-21(14-27(28)33)30(35)36-2/h3*6-7,9-10,13-14,19,22,24-25,29,34H,3-5,8,11-12,15-18H2,1-2H3/t19-,22+,24+,25-,29-,31+;19-,22-,24+,25+,29+,31-;19-,22-,24+,25+,29-,31-/m100/s1. The number of benzene rings is 6. The molecule has 6 aromatic carbocycles. The molecule has 12 aliphatic rings. The van der Waals surface area contributed by atoms with Gasteiger partial charge in [-0.3, -0.25) is 0 Å². The fraction of sp³-hybridized carbons (Fsp3) is 0.581. The maximum Gasteiger partial charge on any atom is 0.337 e. The van der Waals surface area contributed by atoms with E-state index in [4.69, 9.17) is 77.4 Å². The molecule has 0 aromatic heterocycles. The summed E-state index contributed by atoms with van der Waals surface area (Å²) in [6.45, 7) is 13.0. The first-order valence-corrected chi connectivity index (χ1v) is 43.4. The van der Waals surface area contributed by atoms with Crippen molar-refractivity contribution in [3.05, 3.63) is 174 Å². The summed E-state index contributed by atoms with van der Waals surface area (Å²) in [6, 6.07) is 35.9. The highest BCUT2D eigenvalue weighted by Crippen LogP contribution is 2.53. The van der Waals surface area contributed by atoms with Gasteiger partial charge in [0.25, 0.3) is 0 Å². The minimum Gasteiger partial charge on any atom is -0.490 e. The molecule has 0 radical (unpaired) electrons. The fourth-order valence-electron chi connectivity index (χ4n) is 22.2. The van der Waals surface area contributed by atoms with Gasteiger partial charge in [0.1, 0.15) is 17.2 Å². The molecule has 3 spiro atoms. The number of fused-ring (bicyclic) bond motifs is 9. The van der Waals surface area contributed by atoms with Gasteiger partial charge in [0, 0.05) is 70.6 Å². The molecule has 18 nitrogen and oxygen atoms in total. The van der Waals surface area contributed by atoms with Crippen LogP contribution in [0.1, 0.15) is 201 Å². The third-order valence-corrected chi connectivity index (χ3v) is 28.9. The number of methoxy groups -OCH3 is 3. The molecule has 18 atom stereocenters. The largest absolute Gasteiger partial charge is 0.490 e. The van der Waals surface area contributed by atoms with Gasteiger partial charge in [-0.1, -0.05) is 53.0 Å². The summed E-state index contributed by atoms with van der Waals surface area (Å²) in [5.41, 5.74) is 11.9. The minimum atomic E-state index is -0.343. The van der Waals surface area contributed by atoms with E-state index in [1.54, 1.807) is 18.2 Å². The number of esters is 3. The zero-order chi connectivity index (χ0) is 79.3. The Bertz CT molecular complexity index is 4020. The predicted molar refractivity (Wildman–Crippen MR) is 442 cm³/mol. The first kappa shape index (κ1) is 80.9. The number of hydrogen-bond acceptors (Lipinski definition) is 18. The lowest BCUT2D eigenvalue weighted by Gasteiger charge is -2.48. The van der Waals surface area contributed by atoms with Crippen molar-refractivity contribution in [2.24, 2.45) is 35.5 Å². The number of carbonyl (C=O) groups excluding carboxylic acids is 3. The van der Waals surface area contributed by atoms with Crippen molar-refractivity contribution in [1.82, 2.24) is 0 Å². The molecule has 6 aliphatic carbocycles. The lowest BCUT2D eigenvalue weighted by atomic mass is 9.67. The molecule has 612 valence electrons. The van der Waals surface area contributed by atoms with Crippen LogP contribution in [0.3, 0.4) is 0 Å². The van der Waals surface area contributed by atoms with E-state index in [0.717, 1.165) is 204 Å². The molecule has 6 heterocycles. The van der Waals surface area contributed by atoms with Gasteiger partial charge in [-0.05, 0) is 315 Å². The number of aliphatic hydroxyl groups is 3. The molecule has 6 aliphatic heterocycles. The van der Waals surface area contributed by atoms with Gasteiger partial charge in [0.15, 0.2) is 0 Å². The van der Waals surface area contributed by atoms with E-state index in [-0.39, 0.29) is 89.1 Å². The van der Waals surface area contributed by atoms with Crippen molar-refractivity contribution in [2.75, 3.05) is 95.1 Å². The van der Waals surface area contributed by atoms with Crippen LogP contribution in [0.4, 0.5) is 17.1 Å². The monoisotopic (exact) mass is 1620 g/mol. The summed E-state index contributed by atoms with van der Waals surface area (Å²) in [6.07, 6.45) is 20.3. The number of rotatable bonds is 12. The normalized spacial score (nSPS) is 32.4. The van der Waals surface area contributed by atoms with E-state index in [2.05, 4.69) is 71.9 Å². The van der Waals surface area contributed by atoms with E-state index >= 15 is 0 Å². The van der Waals surface area contributed by atoms with Gasteiger partial charge in [-0.15, -0.1) is 0 Å². The Balaban J connectivity index is 0.000000129. The second-order valence-electron chi connectivity index (χ2n) is 35.7. The molecule has 21 heteroatoms. The van der Waals surface area contributed by atoms with E-state index in [1.807, 2.05) is 54.6 Å². The molecule has 0 amide bonds. The van der Waals surface area contributed by atoms with Crippen LogP contribution >= 0.6 is 34.8 Å². The summed E-state index contributed by atoms with van der Waals surface area (Å²) in [5, 5.41) is 33.6. The van der Waals surface area contributed by atoms with E-state index in [0.29, 0.717) is 91.3 Å². The number of halogens is 3. The van der Waals surface area contributed by atoms with Crippen LogP contribution in [0.15, 0.2) is 109 Å². The first-order valence-electron chi connectivity index (χ1n) is 42.2. The van der Waals surface area contributed by atoms with Crippen LogP contribution in [0.2, 0.25) is 15.1 Å². The van der Waals surface area contributed by atoms with Crippen LogP contribution in [0.25, 0.3) is 0 Å². The first-order chi connectivity index (χ1) is 55.0. The van der Waals surface area contributed by atoms with Crippen LogP contribution in [-0.4, -0.2) is 169 Å². The summed E-state index contributed by atoms with van der Waals surface area (Å²) in [4.78, 5) is 44.7. The smallest absolute Gasteiger partial charge is 0.337 e. The molecular weight excluding hydrogens is 1510 g/mol. The van der Waals surface area contributed by atoms with Gasteiger partial charge in [0.2, 0.25) is 0 Å². The topological polar surface area (TPSA) is 205 Å². The summed E-state index contributed by atoms with van der Waals surface area (Å²) < 4.78 is 53.8. The minimum absolute atomic E-state index is 0.0914. The number of nitrogens with zero attached hydrogens (tertiary/aromatic N) is 3. The van der Waals surface area contributed by atoms with Crippen LogP contribution in [0, 0.1) is 35.5 Å². The molecule has 114 heavy (non-hydrogen) atoms. The molecule has 3 N–H and O–H groups in total. The second-order valence-corrected chi connectivity index (χ2v) is 37.0. The number of ether oxygens (including phenoxy) is 9. The van der Waals surface area contributed by atoms with Crippen molar-refractivity contribution in [1.29, 1.82) is 0 Å². The van der Waals surface area contributed by atoms with Crippen molar-refractivity contribution >= 4 is 69.8 Å². The van der Waals surface area contributed by atoms with Gasteiger partial charge in [0.05, 0.1) is 130 Å². The highest BCUT2D eigenvalue weighted by molar-refractivity contribution is 6.31. The van der Waals surface area contributed by atoms with E-state index < -0.39 is 0 Å².